The fourth-order valence-corrected chi connectivity index (χ4v) is 5.19. The molecule has 0 atom stereocenters. The molecule has 37 heavy (non-hydrogen) atoms. The normalized spacial score (nSPS) is 17.1. The molecule has 0 bridgehead atoms. The van der Waals surface area contributed by atoms with Gasteiger partial charge in [0.25, 0.3) is 0 Å². The lowest BCUT2D eigenvalue weighted by atomic mass is 9.91. The molecule has 2 aliphatic rings. The topological polar surface area (TPSA) is 41.7 Å². The maximum Gasteiger partial charge on any atom is 0.175 e. The zero-order valence-electron chi connectivity index (χ0n) is 21.9. The zero-order valence-corrected chi connectivity index (χ0v) is 23.6. The Morgan fingerprint density at radius 1 is 1.11 bits per heavy atom. The maximum absolute atomic E-state index is 6.22. The van der Waals surface area contributed by atoms with Crippen molar-refractivity contribution in [2.75, 3.05) is 33.8 Å². The summed E-state index contributed by atoms with van der Waals surface area (Å²) in [4.78, 5) is 4.72. The van der Waals surface area contributed by atoms with Crippen molar-refractivity contribution in [2.45, 2.75) is 51.6 Å². The number of aromatic nitrogens is 1. The molecule has 1 saturated heterocycles. The number of fused-ring (bicyclic) bond motifs is 1. The number of piperidine rings is 1. The minimum Gasteiger partial charge on any atom is -0.492 e. The molecule has 0 unspecified atom stereocenters. The molecule has 3 aromatic rings. The second-order valence-electron chi connectivity index (χ2n) is 10.7. The van der Waals surface area contributed by atoms with Gasteiger partial charge in [-0.3, -0.25) is 4.90 Å². The Bertz CT molecular complexity index is 1180. The second kappa shape index (κ2) is 13.0. The fraction of sp³-hybridized carbons (Fsp3) is 0.500. The molecule has 0 spiro atoms. The van der Waals surface area contributed by atoms with Crippen molar-refractivity contribution in [1.29, 1.82) is 0 Å². The van der Waals surface area contributed by atoms with E-state index in [-0.39, 0.29) is 30.2 Å². The lowest BCUT2D eigenvalue weighted by Gasteiger charge is -2.32. The molecule has 5 nitrogen and oxygen atoms in total. The summed E-state index contributed by atoms with van der Waals surface area (Å²) in [6.45, 7) is 4.71. The maximum atomic E-state index is 6.22. The first-order valence-electron chi connectivity index (χ1n) is 13.0. The Labute approximate surface area is 233 Å². The first-order valence-corrected chi connectivity index (χ1v) is 13.0. The van der Waals surface area contributed by atoms with Crippen LogP contribution in [0.15, 0.2) is 47.0 Å². The van der Waals surface area contributed by atoms with Gasteiger partial charge >= 0.3 is 0 Å². The molecule has 1 aliphatic carbocycles. The molecule has 0 radical (unpaired) electrons. The van der Waals surface area contributed by atoms with Crippen molar-refractivity contribution < 1.29 is 9.26 Å². The molecule has 1 aliphatic heterocycles. The molecular weight excluding hydrogens is 505 g/mol. The zero-order chi connectivity index (χ0) is 24.3. The Balaban J connectivity index is 0.00000190. The fourth-order valence-electron chi connectivity index (χ4n) is 5.19. The van der Waals surface area contributed by atoms with Gasteiger partial charge in [0.05, 0.1) is 16.7 Å². The predicted molar refractivity (Wildman–Crippen MR) is 155 cm³/mol. The summed E-state index contributed by atoms with van der Waals surface area (Å²) >= 11 is 0. The summed E-state index contributed by atoms with van der Waals surface area (Å²) in [6, 6.07) is 15.0. The van der Waals surface area contributed by atoms with E-state index in [1.165, 1.54) is 31.5 Å². The van der Waals surface area contributed by atoms with E-state index in [1.807, 2.05) is 0 Å². The third-order valence-corrected chi connectivity index (χ3v) is 7.66. The van der Waals surface area contributed by atoms with Crippen LogP contribution in [0.5, 0.6) is 5.75 Å². The summed E-state index contributed by atoms with van der Waals surface area (Å²) in [5, 5.41) is 5.62. The Kier molecular flexibility index (Phi) is 10.3. The van der Waals surface area contributed by atoms with Crippen molar-refractivity contribution in [1.82, 2.24) is 15.0 Å². The number of aryl methyl sites for hydroxylation is 1. The van der Waals surface area contributed by atoms with Gasteiger partial charge in [-0.2, -0.15) is 0 Å². The van der Waals surface area contributed by atoms with E-state index in [4.69, 9.17) is 15.7 Å². The smallest absolute Gasteiger partial charge is 0.175 e. The highest BCUT2D eigenvalue weighted by Gasteiger charge is 2.42. The van der Waals surface area contributed by atoms with Gasteiger partial charge in [0.1, 0.15) is 12.4 Å². The Hall–Kier alpha value is -2.23. The molecule has 0 amide bonds. The van der Waals surface area contributed by atoms with Crippen molar-refractivity contribution >= 4 is 35.8 Å². The van der Waals surface area contributed by atoms with E-state index in [0.29, 0.717) is 6.61 Å². The number of hydrogen-bond donors (Lipinski definition) is 0. The van der Waals surface area contributed by atoms with Crippen LogP contribution in [0, 0.1) is 23.7 Å². The highest BCUT2D eigenvalue weighted by atomic mass is 35.5. The molecule has 200 valence electrons. The SMILES string of the molecule is C#CC1(COc2ccc3c(CCC4CCN(Cc5ccccc5)CC4)noc3c2CN(C)C)CC1.Cl.Cl. The van der Waals surface area contributed by atoms with Gasteiger partial charge in [-0.1, -0.05) is 41.4 Å². The van der Waals surface area contributed by atoms with Gasteiger partial charge < -0.3 is 14.2 Å². The molecular formula is C30H39Cl2N3O2. The Morgan fingerprint density at radius 2 is 1.84 bits per heavy atom. The van der Waals surface area contributed by atoms with Gasteiger partial charge in [-0.05, 0) is 89.3 Å². The summed E-state index contributed by atoms with van der Waals surface area (Å²) in [6.07, 6.45) is 12.4. The number of benzene rings is 2. The van der Waals surface area contributed by atoms with E-state index in [9.17, 15) is 0 Å². The van der Waals surface area contributed by atoms with Gasteiger partial charge in [0.2, 0.25) is 0 Å². The number of halogens is 2. The standard InChI is InChI=1S/C30H37N3O2.2ClH/c1-4-30(16-17-30)22-34-28-13-11-25-27(31-35-29(25)26(28)21-32(2)3)12-10-23-14-18-33(19-15-23)20-24-8-6-5-7-9-24;;/h1,5-9,11,13,23H,10,12,14-22H2,2-3H3;2*1H. The third kappa shape index (κ3) is 7.21. The van der Waals surface area contributed by atoms with Gasteiger partial charge in [-0.15, -0.1) is 31.2 Å². The average molecular weight is 545 g/mol. The van der Waals surface area contributed by atoms with Crippen molar-refractivity contribution in [3.05, 3.63) is 59.3 Å². The number of rotatable bonds is 10. The number of nitrogens with zero attached hydrogens (tertiary/aromatic N) is 3. The minimum atomic E-state index is -0.0758. The van der Waals surface area contributed by atoms with Gasteiger partial charge in [-0.25, -0.2) is 0 Å². The summed E-state index contributed by atoms with van der Waals surface area (Å²) < 4.78 is 12.1. The van der Waals surface area contributed by atoms with E-state index >= 15 is 0 Å². The molecule has 1 saturated carbocycles. The molecule has 7 heteroatoms. The summed E-state index contributed by atoms with van der Waals surface area (Å²) in [5.41, 5.74) is 4.32. The number of ether oxygens (including phenoxy) is 1. The van der Waals surface area contributed by atoms with Crippen LogP contribution in [0.1, 0.15) is 48.9 Å². The third-order valence-electron chi connectivity index (χ3n) is 7.66. The minimum absolute atomic E-state index is 0. The van der Waals surface area contributed by atoms with E-state index in [2.05, 4.69) is 77.4 Å². The average Bonchev–Trinajstić information content (AvgIpc) is 3.54. The van der Waals surface area contributed by atoms with Crippen LogP contribution in [0.2, 0.25) is 0 Å². The van der Waals surface area contributed by atoms with Crippen LogP contribution in [-0.4, -0.2) is 48.7 Å². The Morgan fingerprint density at radius 3 is 2.49 bits per heavy atom. The molecule has 0 N–H and O–H groups in total. The number of terminal acetylenes is 1. The van der Waals surface area contributed by atoms with Crippen molar-refractivity contribution in [3.63, 3.8) is 0 Å². The first kappa shape index (κ1) is 29.3. The number of hydrogen-bond acceptors (Lipinski definition) is 5. The van der Waals surface area contributed by atoms with Crippen LogP contribution >= 0.6 is 24.8 Å². The lowest BCUT2D eigenvalue weighted by Crippen LogP contribution is -2.33. The van der Waals surface area contributed by atoms with Crippen LogP contribution in [0.25, 0.3) is 11.0 Å². The molecule has 2 heterocycles. The highest BCUT2D eigenvalue weighted by Crippen LogP contribution is 2.45. The molecule has 1 aromatic heterocycles. The van der Waals surface area contributed by atoms with Gasteiger partial charge in [0, 0.05) is 18.5 Å². The highest BCUT2D eigenvalue weighted by molar-refractivity contribution is 5.86. The van der Waals surface area contributed by atoms with Crippen LogP contribution in [-0.2, 0) is 19.5 Å². The number of likely N-dealkylation sites (tertiary alicyclic amines) is 1. The van der Waals surface area contributed by atoms with E-state index < -0.39 is 0 Å². The van der Waals surface area contributed by atoms with Crippen molar-refractivity contribution in [3.8, 4) is 18.1 Å². The molecule has 5 rings (SSSR count). The lowest BCUT2D eigenvalue weighted by molar-refractivity contribution is 0.172. The van der Waals surface area contributed by atoms with Gasteiger partial charge in [0.15, 0.2) is 5.58 Å². The summed E-state index contributed by atoms with van der Waals surface area (Å²) in [7, 11) is 4.13. The van der Waals surface area contributed by atoms with Crippen molar-refractivity contribution in [2.24, 2.45) is 11.3 Å². The van der Waals surface area contributed by atoms with Crippen LogP contribution in [0.4, 0.5) is 0 Å². The first-order chi connectivity index (χ1) is 17.0. The van der Waals surface area contributed by atoms with Crippen LogP contribution < -0.4 is 4.74 Å². The monoisotopic (exact) mass is 543 g/mol. The molecule has 2 aromatic carbocycles. The van der Waals surface area contributed by atoms with Crippen LogP contribution in [0.3, 0.4) is 0 Å². The molecule has 2 fully saturated rings. The van der Waals surface area contributed by atoms with E-state index in [1.54, 1.807) is 0 Å². The second-order valence-corrected chi connectivity index (χ2v) is 10.7. The quantitative estimate of drug-likeness (QED) is 0.278. The van der Waals surface area contributed by atoms with E-state index in [0.717, 1.165) is 72.7 Å². The predicted octanol–water partition coefficient (Wildman–Crippen LogP) is 6.37. The largest absolute Gasteiger partial charge is 0.492 e. The summed E-state index contributed by atoms with van der Waals surface area (Å²) in [5.74, 6) is 4.52.